The number of amides is 1. The molecule has 0 aliphatic carbocycles. The van der Waals surface area contributed by atoms with E-state index in [2.05, 4.69) is 22.0 Å². The van der Waals surface area contributed by atoms with Crippen LogP contribution in [0, 0.1) is 0 Å². The lowest BCUT2D eigenvalue weighted by molar-refractivity contribution is -0.118. The number of carbonyl (C=O) groups excluding carboxylic acids is 2. The Kier molecular flexibility index (Phi) is 6.03. The molecule has 4 heteroatoms. The number of rotatable bonds is 6. The van der Waals surface area contributed by atoms with Crippen molar-refractivity contribution in [3.05, 3.63) is 70.8 Å². The number of benzene rings is 2. The van der Waals surface area contributed by atoms with Gasteiger partial charge in [0.15, 0.2) is 5.78 Å². The average molecular weight is 400 g/mol. The van der Waals surface area contributed by atoms with Gasteiger partial charge < -0.3 is 4.90 Å². The van der Waals surface area contributed by atoms with Gasteiger partial charge >= 0.3 is 0 Å². The van der Waals surface area contributed by atoms with Crippen LogP contribution >= 0.6 is 15.9 Å². The van der Waals surface area contributed by atoms with Crippen LogP contribution < -0.4 is 0 Å². The summed E-state index contributed by atoms with van der Waals surface area (Å²) in [5, 5.41) is 0.789. The Labute approximate surface area is 157 Å². The molecule has 1 aliphatic rings. The molecule has 1 atom stereocenters. The highest BCUT2D eigenvalue weighted by Gasteiger charge is 2.22. The van der Waals surface area contributed by atoms with Crippen molar-refractivity contribution >= 4 is 28.1 Å². The first-order valence-electron chi connectivity index (χ1n) is 8.69. The van der Waals surface area contributed by atoms with E-state index in [4.69, 9.17) is 0 Å². The van der Waals surface area contributed by atoms with Crippen LogP contribution in [0.3, 0.4) is 0 Å². The van der Waals surface area contributed by atoms with Crippen LogP contribution in [0.4, 0.5) is 0 Å². The SMILES string of the molecule is O=CN1CCc2ccc(C(=O)C(CCBr)c3ccccc3)cc2CC1. The molecule has 1 aliphatic heterocycles. The maximum Gasteiger partial charge on any atom is 0.209 e. The van der Waals surface area contributed by atoms with E-state index in [0.29, 0.717) is 0 Å². The van der Waals surface area contributed by atoms with E-state index >= 15 is 0 Å². The second kappa shape index (κ2) is 8.43. The molecule has 3 nitrogen and oxygen atoms in total. The van der Waals surface area contributed by atoms with Gasteiger partial charge in [0.05, 0.1) is 0 Å². The lowest BCUT2D eigenvalue weighted by Crippen LogP contribution is -2.24. The zero-order valence-electron chi connectivity index (χ0n) is 14.2. The first-order valence-corrected chi connectivity index (χ1v) is 9.81. The van der Waals surface area contributed by atoms with Gasteiger partial charge in [0, 0.05) is 29.9 Å². The minimum absolute atomic E-state index is 0.129. The summed E-state index contributed by atoms with van der Waals surface area (Å²) in [6.07, 6.45) is 3.36. The lowest BCUT2D eigenvalue weighted by Gasteiger charge is -2.16. The van der Waals surface area contributed by atoms with Gasteiger partial charge in [0.25, 0.3) is 0 Å². The predicted octanol–water partition coefficient (Wildman–Crippen LogP) is 4.00. The molecule has 0 saturated heterocycles. The summed E-state index contributed by atoms with van der Waals surface area (Å²) >= 11 is 3.48. The number of hydrogen-bond donors (Lipinski definition) is 0. The van der Waals surface area contributed by atoms with E-state index in [0.717, 1.165) is 55.2 Å². The van der Waals surface area contributed by atoms with Crippen molar-refractivity contribution in [2.45, 2.75) is 25.2 Å². The van der Waals surface area contributed by atoms with Crippen molar-refractivity contribution in [3.8, 4) is 0 Å². The molecule has 0 saturated carbocycles. The third-order valence-electron chi connectivity index (χ3n) is 4.89. The number of carbonyl (C=O) groups is 2. The second-order valence-electron chi connectivity index (χ2n) is 6.43. The summed E-state index contributed by atoms with van der Waals surface area (Å²) < 4.78 is 0. The number of halogens is 1. The van der Waals surface area contributed by atoms with Crippen molar-refractivity contribution in [1.82, 2.24) is 4.90 Å². The van der Waals surface area contributed by atoms with Crippen LogP contribution in [0.25, 0.3) is 0 Å². The highest BCUT2D eigenvalue weighted by atomic mass is 79.9. The average Bonchev–Trinajstić information content (AvgIpc) is 2.88. The van der Waals surface area contributed by atoms with Crippen molar-refractivity contribution in [2.24, 2.45) is 0 Å². The minimum Gasteiger partial charge on any atom is -0.345 e. The summed E-state index contributed by atoms with van der Waals surface area (Å²) in [6, 6.07) is 16.0. The smallest absolute Gasteiger partial charge is 0.209 e. The Balaban J connectivity index is 1.87. The van der Waals surface area contributed by atoms with Gasteiger partial charge in [-0.3, -0.25) is 9.59 Å². The second-order valence-corrected chi connectivity index (χ2v) is 7.22. The summed E-state index contributed by atoms with van der Waals surface area (Å²) in [5.74, 6) is 0.0424. The van der Waals surface area contributed by atoms with Crippen LogP contribution in [-0.4, -0.2) is 35.5 Å². The van der Waals surface area contributed by atoms with E-state index in [1.165, 1.54) is 11.1 Å². The van der Waals surface area contributed by atoms with Gasteiger partial charge in [0.1, 0.15) is 0 Å². The number of ketones is 1. The highest BCUT2D eigenvalue weighted by molar-refractivity contribution is 9.09. The molecule has 2 aromatic carbocycles. The normalized spacial score (nSPS) is 15.2. The van der Waals surface area contributed by atoms with Gasteiger partial charge in [-0.2, -0.15) is 0 Å². The molecule has 25 heavy (non-hydrogen) atoms. The first kappa shape index (κ1) is 17.9. The molecule has 130 valence electrons. The molecule has 0 fully saturated rings. The Morgan fingerprint density at radius 2 is 1.80 bits per heavy atom. The maximum absolute atomic E-state index is 13.1. The predicted molar refractivity (Wildman–Crippen MR) is 103 cm³/mol. The van der Waals surface area contributed by atoms with Crippen LogP contribution in [0.1, 0.15) is 39.4 Å². The molecule has 1 unspecified atom stereocenters. The quantitative estimate of drug-likeness (QED) is 0.418. The van der Waals surface area contributed by atoms with E-state index in [1.54, 1.807) is 4.90 Å². The first-order chi connectivity index (χ1) is 12.2. The number of fused-ring (bicyclic) bond motifs is 1. The van der Waals surface area contributed by atoms with Gasteiger partial charge in [-0.15, -0.1) is 0 Å². The highest BCUT2D eigenvalue weighted by Crippen LogP contribution is 2.27. The molecule has 0 spiro atoms. The van der Waals surface area contributed by atoms with Crippen LogP contribution in [0.5, 0.6) is 0 Å². The standard InChI is InChI=1S/C21H22BrNO2/c22-11-8-20(17-4-2-1-3-5-17)21(25)19-7-6-16-9-12-23(15-24)13-10-18(16)14-19/h1-7,14-15,20H,8-13H2. The fraction of sp³-hybridized carbons (Fsp3) is 0.333. The molecule has 1 heterocycles. The minimum atomic E-state index is -0.129. The van der Waals surface area contributed by atoms with Crippen molar-refractivity contribution in [1.29, 1.82) is 0 Å². The van der Waals surface area contributed by atoms with Crippen LogP contribution in [-0.2, 0) is 17.6 Å². The zero-order valence-corrected chi connectivity index (χ0v) is 15.7. The van der Waals surface area contributed by atoms with E-state index < -0.39 is 0 Å². The van der Waals surface area contributed by atoms with E-state index in [-0.39, 0.29) is 11.7 Å². The number of hydrogen-bond acceptors (Lipinski definition) is 2. The largest absolute Gasteiger partial charge is 0.345 e. The topological polar surface area (TPSA) is 37.4 Å². The van der Waals surface area contributed by atoms with Gasteiger partial charge in [0.2, 0.25) is 6.41 Å². The molecular formula is C21H22BrNO2. The summed E-state index contributed by atoms with van der Waals surface area (Å²) in [7, 11) is 0. The maximum atomic E-state index is 13.1. The number of Topliss-reactive ketones (excluding diaryl/α,β-unsaturated/α-hetero) is 1. The third kappa shape index (κ3) is 4.18. The molecule has 0 N–H and O–H groups in total. The fourth-order valence-electron chi connectivity index (χ4n) is 3.45. The van der Waals surface area contributed by atoms with Crippen LogP contribution in [0.15, 0.2) is 48.5 Å². The third-order valence-corrected chi connectivity index (χ3v) is 5.35. The summed E-state index contributed by atoms with van der Waals surface area (Å²) in [6.45, 7) is 1.47. The number of alkyl halides is 1. The number of nitrogens with zero attached hydrogens (tertiary/aromatic N) is 1. The molecule has 2 aromatic rings. The fourth-order valence-corrected chi connectivity index (χ4v) is 3.90. The Bertz CT molecular complexity index is 745. The monoisotopic (exact) mass is 399 g/mol. The Morgan fingerprint density at radius 3 is 2.48 bits per heavy atom. The molecule has 1 amide bonds. The Hall–Kier alpha value is -1.94. The molecule has 0 bridgehead atoms. The van der Waals surface area contributed by atoms with E-state index in [1.807, 2.05) is 42.5 Å². The van der Waals surface area contributed by atoms with Gasteiger partial charge in [-0.1, -0.05) is 58.4 Å². The van der Waals surface area contributed by atoms with Crippen molar-refractivity contribution in [2.75, 3.05) is 18.4 Å². The summed E-state index contributed by atoms with van der Waals surface area (Å²) in [5.41, 5.74) is 4.28. The van der Waals surface area contributed by atoms with Gasteiger partial charge in [-0.25, -0.2) is 0 Å². The van der Waals surface area contributed by atoms with Crippen LogP contribution in [0.2, 0.25) is 0 Å². The molecule has 0 aromatic heterocycles. The molecule has 0 radical (unpaired) electrons. The lowest BCUT2D eigenvalue weighted by atomic mass is 9.87. The molecular weight excluding hydrogens is 378 g/mol. The molecule has 3 rings (SSSR count). The van der Waals surface area contributed by atoms with E-state index in [9.17, 15) is 9.59 Å². The van der Waals surface area contributed by atoms with Crippen molar-refractivity contribution < 1.29 is 9.59 Å². The Morgan fingerprint density at radius 1 is 1.08 bits per heavy atom. The zero-order chi connectivity index (χ0) is 17.6. The van der Waals surface area contributed by atoms with Crippen molar-refractivity contribution in [3.63, 3.8) is 0 Å². The summed E-state index contributed by atoms with van der Waals surface area (Å²) in [4.78, 5) is 26.0. The van der Waals surface area contributed by atoms with Gasteiger partial charge in [-0.05, 0) is 42.0 Å².